The lowest BCUT2D eigenvalue weighted by atomic mass is 9.97. The lowest BCUT2D eigenvalue weighted by Gasteiger charge is -2.24. The van der Waals surface area contributed by atoms with E-state index in [9.17, 15) is 9.90 Å². The Hall–Kier alpha value is -2.69. The number of aliphatic hydroxyl groups is 1. The van der Waals surface area contributed by atoms with Crippen LogP contribution in [-0.4, -0.2) is 23.8 Å². The van der Waals surface area contributed by atoms with Gasteiger partial charge in [-0.3, -0.25) is 0 Å². The number of nitrogens with one attached hydrogen (secondary N) is 1. The van der Waals surface area contributed by atoms with Gasteiger partial charge in [0, 0.05) is 6.54 Å². The zero-order chi connectivity index (χ0) is 18.4. The van der Waals surface area contributed by atoms with Crippen molar-refractivity contribution in [1.82, 2.24) is 5.32 Å². The number of fused-ring (bicyclic) bond motifs is 1. The molecule has 3 aromatic rings. The van der Waals surface area contributed by atoms with Crippen LogP contribution in [0.15, 0.2) is 72.8 Å². The number of hydrogen-bond donors (Lipinski definition) is 2. The van der Waals surface area contributed by atoms with Crippen LogP contribution in [0.5, 0.6) is 0 Å². The molecular formula is C22H23NO3. The molecular weight excluding hydrogens is 326 g/mol. The summed E-state index contributed by atoms with van der Waals surface area (Å²) in [6.45, 7) is 2.50. The molecule has 3 aromatic carbocycles. The van der Waals surface area contributed by atoms with Crippen LogP contribution in [-0.2, 0) is 16.1 Å². The number of carbonyl (C=O) groups is 1. The molecule has 0 amide bonds. The lowest BCUT2D eigenvalue weighted by molar-refractivity contribution is -0.154. The van der Waals surface area contributed by atoms with E-state index in [2.05, 4.69) is 5.32 Å². The molecule has 4 heteroatoms. The highest BCUT2D eigenvalue weighted by Gasteiger charge is 2.28. The van der Waals surface area contributed by atoms with Crippen molar-refractivity contribution in [3.8, 4) is 0 Å². The molecule has 0 aliphatic carbocycles. The van der Waals surface area contributed by atoms with Crippen LogP contribution < -0.4 is 5.32 Å². The third-order valence-corrected chi connectivity index (χ3v) is 4.35. The van der Waals surface area contributed by atoms with Gasteiger partial charge in [-0.15, -0.1) is 0 Å². The van der Waals surface area contributed by atoms with Crippen molar-refractivity contribution >= 4 is 16.7 Å². The summed E-state index contributed by atoms with van der Waals surface area (Å²) in [6.07, 6.45) is -1.28. The molecule has 0 spiro atoms. The van der Waals surface area contributed by atoms with E-state index in [1.165, 1.54) is 0 Å². The van der Waals surface area contributed by atoms with Crippen LogP contribution in [0.3, 0.4) is 0 Å². The summed E-state index contributed by atoms with van der Waals surface area (Å²) in [5, 5.41) is 16.1. The Bertz CT molecular complexity index is 863. The van der Waals surface area contributed by atoms with Crippen molar-refractivity contribution in [3.05, 3.63) is 83.9 Å². The van der Waals surface area contributed by atoms with Crippen molar-refractivity contribution in [2.45, 2.75) is 25.6 Å². The molecule has 0 unspecified atom stereocenters. The summed E-state index contributed by atoms with van der Waals surface area (Å²) in [5.74, 6) is -0.619. The van der Waals surface area contributed by atoms with Crippen LogP contribution in [0.2, 0.25) is 0 Å². The number of rotatable bonds is 7. The van der Waals surface area contributed by atoms with Crippen molar-refractivity contribution in [1.29, 1.82) is 0 Å². The summed E-state index contributed by atoms with van der Waals surface area (Å²) in [4.78, 5) is 12.1. The molecule has 0 saturated carbocycles. The van der Waals surface area contributed by atoms with Gasteiger partial charge in [0.25, 0.3) is 0 Å². The largest absolute Gasteiger partial charge is 0.464 e. The van der Waals surface area contributed by atoms with E-state index in [-0.39, 0.29) is 6.61 Å². The average molecular weight is 349 g/mol. The summed E-state index contributed by atoms with van der Waals surface area (Å²) in [5.41, 5.74) is 1.93. The zero-order valence-electron chi connectivity index (χ0n) is 14.8. The number of aliphatic hydroxyl groups excluding tert-OH is 1. The first-order valence-corrected chi connectivity index (χ1v) is 8.79. The maximum atomic E-state index is 12.1. The van der Waals surface area contributed by atoms with E-state index in [4.69, 9.17) is 4.74 Å². The molecule has 0 fully saturated rings. The van der Waals surface area contributed by atoms with Crippen LogP contribution in [0.1, 0.15) is 24.1 Å². The van der Waals surface area contributed by atoms with E-state index >= 15 is 0 Å². The fourth-order valence-electron chi connectivity index (χ4n) is 3.00. The number of benzene rings is 3. The standard InChI is InChI=1S/C22H23NO3/c1-2-26-22(25)21(24)20(23-15-16-8-4-3-5-9-16)19-13-12-17-10-6-7-11-18(17)14-19/h3-14,20-21,23-24H,2,15H2,1H3/t20-,21-/m1/s1. The highest BCUT2D eigenvalue weighted by Crippen LogP contribution is 2.24. The second-order valence-electron chi connectivity index (χ2n) is 6.15. The second-order valence-corrected chi connectivity index (χ2v) is 6.15. The van der Waals surface area contributed by atoms with Crippen molar-refractivity contribution in [3.63, 3.8) is 0 Å². The third-order valence-electron chi connectivity index (χ3n) is 4.35. The number of hydrogen-bond acceptors (Lipinski definition) is 4. The minimum atomic E-state index is -1.28. The molecule has 134 valence electrons. The van der Waals surface area contributed by atoms with Crippen molar-refractivity contribution in [2.75, 3.05) is 6.61 Å². The van der Waals surface area contributed by atoms with Gasteiger partial charge in [0.15, 0.2) is 6.10 Å². The SMILES string of the molecule is CCOC(=O)[C@H](O)[C@H](NCc1ccccc1)c1ccc2ccccc2c1. The Morgan fingerprint density at radius 1 is 1.00 bits per heavy atom. The second kappa shape index (κ2) is 8.61. The molecule has 0 aromatic heterocycles. The first-order chi connectivity index (χ1) is 12.7. The van der Waals surface area contributed by atoms with Crippen LogP contribution in [0.4, 0.5) is 0 Å². The monoisotopic (exact) mass is 349 g/mol. The van der Waals surface area contributed by atoms with Gasteiger partial charge in [0.1, 0.15) is 0 Å². The zero-order valence-corrected chi connectivity index (χ0v) is 14.8. The van der Waals surface area contributed by atoms with Crippen LogP contribution in [0.25, 0.3) is 10.8 Å². The maximum Gasteiger partial charge on any atom is 0.336 e. The molecule has 3 rings (SSSR count). The third kappa shape index (κ3) is 4.28. The van der Waals surface area contributed by atoms with E-state index in [0.29, 0.717) is 6.54 Å². The number of ether oxygens (including phenoxy) is 1. The van der Waals surface area contributed by atoms with Gasteiger partial charge in [-0.25, -0.2) is 4.79 Å². The summed E-state index contributed by atoms with van der Waals surface area (Å²) in [7, 11) is 0. The van der Waals surface area contributed by atoms with Gasteiger partial charge in [-0.1, -0.05) is 66.7 Å². The summed E-state index contributed by atoms with van der Waals surface area (Å²) < 4.78 is 5.02. The normalized spacial score (nSPS) is 13.3. The molecule has 0 aliphatic rings. The molecule has 26 heavy (non-hydrogen) atoms. The van der Waals surface area contributed by atoms with Gasteiger partial charge in [0.2, 0.25) is 0 Å². The predicted octanol–water partition coefficient (Wildman–Crippen LogP) is 3.59. The van der Waals surface area contributed by atoms with E-state index < -0.39 is 18.1 Å². The van der Waals surface area contributed by atoms with Gasteiger partial charge < -0.3 is 15.2 Å². The van der Waals surface area contributed by atoms with E-state index in [1.807, 2.05) is 72.8 Å². The smallest absolute Gasteiger partial charge is 0.336 e. The Balaban J connectivity index is 1.88. The Labute approximate surface area is 153 Å². The molecule has 4 nitrogen and oxygen atoms in total. The summed E-state index contributed by atoms with van der Waals surface area (Å²) in [6, 6.07) is 23.3. The molecule has 2 N–H and O–H groups in total. The van der Waals surface area contributed by atoms with Crippen LogP contribution >= 0.6 is 0 Å². The van der Waals surface area contributed by atoms with Gasteiger partial charge in [-0.2, -0.15) is 0 Å². The Morgan fingerprint density at radius 3 is 2.42 bits per heavy atom. The van der Waals surface area contributed by atoms with E-state index in [0.717, 1.165) is 21.9 Å². The maximum absolute atomic E-state index is 12.1. The highest BCUT2D eigenvalue weighted by atomic mass is 16.5. The number of esters is 1. The summed E-state index contributed by atoms with van der Waals surface area (Å²) >= 11 is 0. The average Bonchev–Trinajstić information content (AvgIpc) is 2.69. The molecule has 0 heterocycles. The van der Waals surface area contributed by atoms with Gasteiger partial charge >= 0.3 is 5.97 Å². The Kier molecular flexibility index (Phi) is 6.00. The molecule has 0 aliphatic heterocycles. The first kappa shape index (κ1) is 18.1. The number of carbonyl (C=O) groups excluding carboxylic acids is 1. The fourth-order valence-corrected chi connectivity index (χ4v) is 3.00. The topological polar surface area (TPSA) is 58.6 Å². The lowest BCUT2D eigenvalue weighted by Crippen LogP contribution is -2.38. The molecule has 0 radical (unpaired) electrons. The first-order valence-electron chi connectivity index (χ1n) is 8.79. The minimum absolute atomic E-state index is 0.235. The fraction of sp³-hybridized carbons (Fsp3) is 0.227. The highest BCUT2D eigenvalue weighted by molar-refractivity contribution is 5.83. The van der Waals surface area contributed by atoms with E-state index in [1.54, 1.807) is 6.92 Å². The van der Waals surface area contributed by atoms with Gasteiger partial charge in [-0.05, 0) is 34.9 Å². The van der Waals surface area contributed by atoms with Gasteiger partial charge in [0.05, 0.1) is 12.6 Å². The quantitative estimate of drug-likeness (QED) is 0.640. The Morgan fingerprint density at radius 2 is 1.69 bits per heavy atom. The minimum Gasteiger partial charge on any atom is -0.464 e. The van der Waals surface area contributed by atoms with Crippen molar-refractivity contribution in [2.24, 2.45) is 0 Å². The van der Waals surface area contributed by atoms with Crippen molar-refractivity contribution < 1.29 is 14.6 Å². The van der Waals surface area contributed by atoms with Crippen LogP contribution in [0, 0.1) is 0 Å². The predicted molar refractivity (Wildman–Crippen MR) is 103 cm³/mol. The molecule has 0 saturated heterocycles. The molecule has 2 atom stereocenters. The molecule has 0 bridgehead atoms.